The van der Waals surface area contributed by atoms with E-state index in [1.54, 1.807) is 32.4 Å². The van der Waals surface area contributed by atoms with E-state index in [-0.39, 0.29) is 42.0 Å². The number of Topliss-reactive ketones (excluding diaryl/α,β-unsaturated/α-hetero) is 1. The standard InChI is InChI=1S/C53H45NO7/c1-4-12-34-15-11-18-41(49(34)56)48-39-26-27-40-47(52(59)54(51(40)58)37-23-20-32(21-24-37)19-22-35-29-38(60-2)25-28-45(35)61-3)43(39)30-44-50(57)42(33-13-7-5-8-14-33)31-46(55)53(44,48)36-16-9-6-10-17-36/h4-11,13-26,28-29,31,40,43-44,47-48,56H,1,12,27,30H2,2-3H3. The van der Waals surface area contributed by atoms with Crippen LogP contribution in [0.15, 0.2) is 152 Å². The van der Waals surface area contributed by atoms with Crippen molar-refractivity contribution in [1.29, 1.82) is 0 Å². The van der Waals surface area contributed by atoms with Crippen LogP contribution in [-0.4, -0.2) is 42.7 Å². The predicted molar refractivity (Wildman–Crippen MR) is 236 cm³/mol. The first-order valence-electron chi connectivity index (χ1n) is 20.6. The smallest absolute Gasteiger partial charge is 0.238 e. The second-order valence-corrected chi connectivity index (χ2v) is 16.2. The molecule has 1 saturated carbocycles. The van der Waals surface area contributed by atoms with Gasteiger partial charge >= 0.3 is 0 Å². The first-order valence-corrected chi connectivity index (χ1v) is 20.6. The summed E-state index contributed by atoms with van der Waals surface area (Å²) in [6, 6.07) is 36.9. The molecule has 4 aliphatic rings. The zero-order chi connectivity index (χ0) is 42.4. The maximum Gasteiger partial charge on any atom is 0.238 e. The van der Waals surface area contributed by atoms with E-state index in [4.69, 9.17) is 9.47 Å². The third-order valence-corrected chi connectivity index (χ3v) is 13.2. The van der Waals surface area contributed by atoms with Crippen LogP contribution < -0.4 is 14.4 Å². The third-order valence-electron chi connectivity index (χ3n) is 13.2. The van der Waals surface area contributed by atoms with E-state index in [0.29, 0.717) is 51.4 Å². The van der Waals surface area contributed by atoms with Crippen LogP contribution in [0.4, 0.5) is 5.69 Å². The van der Waals surface area contributed by atoms with Gasteiger partial charge in [0, 0.05) is 28.5 Å². The molecule has 0 bridgehead atoms. The SMILES string of the molecule is C=CCc1cccc(C2C3=CCC4C(=O)N(c5ccc(C=Cc6cc(OC)ccc6OC)cc5)C(=O)C4C3CC3C(=O)C(c4ccccc4)=CC(=O)C32c2ccccc2)c1O. The number of para-hydroxylation sites is 1. The molecule has 5 aromatic rings. The Morgan fingerprint density at radius 1 is 0.803 bits per heavy atom. The number of amides is 2. The highest BCUT2D eigenvalue weighted by Gasteiger charge is 2.66. The van der Waals surface area contributed by atoms with Crippen LogP contribution in [-0.2, 0) is 31.0 Å². The normalized spacial score (nSPS) is 24.4. The fraction of sp³-hybridized carbons (Fsp3) is 0.208. The Kier molecular flexibility index (Phi) is 10.2. The van der Waals surface area contributed by atoms with E-state index in [1.807, 2.05) is 127 Å². The number of fused-ring (bicyclic) bond motifs is 4. The Morgan fingerprint density at radius 2 is 1.54 bits per heavy atom. The van der Waals surface area contributed by atoms with E-state index >= 15 is 9.59 Å². The molecular formula is C53H45NO7. The molecule has 1 N–H and O–H groups in total. The summed E-state index contributed by atoms with van der Waals surface area (Å²) in [6.07, 6.45) is 9.89. The number of hydrogen-bond acceptors (Lipinski definition) is 7. The zero-order valence-electron chi connectivity index (χ0n) is 34.0. The van der Waals surface area contributed by atoms with Gasteiger partial charge in [-0.2, -0.15) is 0 Å². The highest BCUT2D eigenvalue weighted by Crippen LogP contribution is 2.64. The average Bonchev–Trinajstić information content (AvgIpc) is 3.56. The molecule has 304 valence electrons. The fourth-order valence-corrected chi connectivity index (χ4v) is 10.5. The van der Waals surface area contributed by atoms with E-state index in [1.165, 1.54) is 11.0 Å². The van der Waals surface area contributed by atoms with E-state index in [9.17, 15) is 14.7 Å². The van der Waals surface area contributed by atoms with Gasteiger partial charge in [0.15, 0.2) is 11.6 Å². The Hall–Kier alpha value is -7.06. The number of methoxy groups -OCH3 is 2. The van der Waals surface area contributed by atoms with Gasteiger partial charge in [-0.3, -0.25) is 24.1 Å². The monoisotopic (exact) mass is 807 g/mol. The molecule has 2 amide bonds. The summed E-state index contributed by atoms with van der Waals surface area (Å²) < 4.78 is 10.9. The summed E-state index contributed by atoms with van der Waals surface area (Å²) in [5, 5.41) is 12.1. The molecule has 1 aliphatic heterocycles. The molecule has 1 heterocycles. The molecule has 8 nitrogen and oxygen atoms in total. The van der Waals surface area contributed by atoms with Gasteiger partial charge in [0.25, 0.3) is 0 Å². The number of carbonyl (C=O) groups excluding carboxylic acids is 4. The van der Waals surface area contributed by atoms with Gasteiger partial charge < -0.3 is 14.6 Å². The number of ether oxygens (including phenoxy) is 2. The lowest BCUT2D eigenvalue weighted by Gasteiger charge is -2.55. The van der Waals surface area contributed by atoms with Crippen LogP contribution in [0, 0.1) is 23.7 Å². The van der Waals surface area contributed by atoms with Crippen LogP contribution in [0.5, 0.6) is 17.2 Å². The molecule has 2 fully saturated rings. The summed E-state index contributed by atoms with van der Waals surface area (Å²) in [6.45, 7) is 3.90. The highest BCUT2D eigenvalue weighted by molar-refractivity contribution is 6.32. The van der Waals surface area contributed by atoms with Crippen LogP contribution in [0.3, 0.4) is 0 Å². The predicted octanol–water partition coefficient (Wildman–Crippen LogP) is 9.34. The number of phenolic OH excluding ortho intramolecular Hbond substituents is 1. The van der Waals surface area contributed by atoms with Crippen LogP contribution in [0.2, 0.25) is 0 Å². The van der Waals surface area contributed by atoms with Crippen LogP contribution in [0.1, 0.15) is 52.1 Å². The number of rotatable bonds is 10. The van der Waals surface area contributed by atoms with Crippen molar-refractivity contribution >= 4 is 46.8 Å². The van der Waals surface area contributed by atoms with E-state index in [2.05, 4.69) is 6.58 Å². The van der Waals surface area contributed by atoms with Crippen LogP contribution >= 0.6 is 0 Å². The van der Waals surface area contributed by atoms with Crippen molar-refractivity contribution in [2.24, 2.45) is 23.7 Å². The van der Waals surface area contributed by atoms with Gasteiger partial charge in [0.2, 0.25) is 11.8 Å². The number of anilines is 1. The largest absolute Gasteiger partial charge is 0.507 e. The lowest BCUT2D eigenvalue weighted by Crippen LogP contribution is -2.58. The molecular weight excluding hydrogens is 763 g/mol. The van der Waals surface area contributed by atoms with Crippen molar-refractivity contribution in [2.75, 3.05) is 19.1 Å². The molecule has 1 saturated heterocycles. The van der Waals surface area contributed by atoms with Crippen molar-refractivity contribution in [2.45, 2.75) is 30.6 Å². The van der Waals surface area contributed by atoms with Crippen molar-refractivity contribution in [3.63, 3.8) is 0 Å². The number of imide groups is 1. The Morgan fingerprint density at radius 3 is 2.25 bits per heavy atom. The molecule has 9 rings (SSSR count). The van der Waals surface area contributed by atoms with E-state index < -0.39 is 35.0 Å². The minimum atomic E-state index is -1.44. The number of phenols is 1. The summed E-state index contributed by atoms with van der Waals surface area (Å²) in [7, 11) is 3.22. The van der Waals surface area contributed by atoms with Gasteiger partial charge in [-0.1, -0.05) is 121 Å². The lowest BCUT2D eigenvalue weighted by molar-refractivity contribution is -0.135. The Bertz CT molecular complexity index is 2680. The summed E-state index contributed by atoms with van der Waals surface area (Å²) in [4.78, 5) is 61.3. The van der Waals surface area contributed by atoms with Crippen LogP contribution in [0.25, 0.3) is 17.7 Å². The van der Waals surface area contributed by atoms with Crippen molar-refractivity contribution in [1.82, 2.24) is 0 Å². The molecule has 8 heteroatoms. The number of ketones is 2. The Balaban J connectivity index is 1.14. The van der Waals surface area contributed by atoms with Crippen molar-refractivity contribution in [3.8, 4) is 17.2 Å². The minimum Gasteiger partial charge on any atom is -0.507 e. The van der Waals surface area contributed by atoms with Crippen molar-refractivity contribution in [3.05, 3.63) is 185 Å². The average molecular weight is 808 g/mol. The number of benzene rings is 5. The molecule has 61 heavy (non-hydrogen) atoms. The lowest BCUT2D eigenvalue weighted by atomic mass is 9.44. The quantitative estimate of drug-likeness (QED) is 0.0851. The van der Waals surface area contributed by atoms with Gasteiger partial charge in [0.05, 0.1) is 37.2 Å². The molecule has 6 unspecified atom stereocenters. The first kappa shape index (κ1) is 39.4. The summed E-state index contributed by atoms with van der Waals surface area (Å²) >= 11 is 0. The first-order chi connectivity index (χ1) is 29.7. The molecule has 5 aromatic carbocycles. The number of allylic oxidation sites excluding steroid dienone is 5. The third kappa shape index (κ3) is 6.36. The minimum absolute atomic E-state index is 0.0256. The van der Waals surface area contributed by atoms with Gasteiger partial charge in [0.1, 0.15) is 17.2 Å². The fourth-order valence-electron chi connectivity index (χ4n) is 10.5. The second-order valence-electron chi connectivity index (χ2n) is 16.2. The Labute approximate surface area is 355 Å². The molecule has 0 spiro atoms. The maximum atomic E-state index is 15.4. The summed E-state index contributed by atoms with van der Waals surface area (Å²) in [5.74, 6) is -3.40. The second kappa shape index (κ2) is 15.8. The number of nitrogens with zero attached hydrogens (tertiary/aromatic N) is 1. The van der Waals surface area contributed by atoms with E-state index in [0.717, 1.165) is 16.7 Å². The van der Waals surface area contributed by atoms with Crippen molar-refractivity contribution < 1.29 is 33.8 Å². The number of carbonyl (C=O) groups is 4. The molecule has 0 radical (unpaired) electrons. The molecule has 3 aliphatic carbocycles. The molecule has 6 atom stereocenters. The zero-order valence-corrected chi connectivity index (χ0v) is 34.0. The number of aromatic hydroxyl groups is 1. The summed E-state index contributed by atoms with van der Waals surface area (Å²) in [5.41, 5.74) is 4.25. The molecule has 0 aromatic heterocycles. The van der Waals surface area contributed by atoms with Gasteiger partial charge in [-0.15, -0.1) is 6.58 Å². The maximum absolute atomic E-state index is 15.4. The highest BCUT2D eigenvalue weighted by atomic mass is 16.5. The number of hydrogen-bond donors (Lipinski definition) is 1. The van der Waals surface area contributed by atoms with Gasteiger partial charge in [-0.05, 0) is 83.8 Å². The topological polar surface area (TPSA) is 110 Å². The van der Waals surface area contributed by atoms with Gasteiger partial charge in [-0.25, -0.2) is 0 Å².